The Morgan fingerprint density at radius 2 is 1.54 bits per heavy atom. The zero-order chi connectivity index (χ0) is 16.9. The van der Waals surface area contributed by atoms with E-state index in [0.29, 0.717) is 5.56 Å². The van der Waals surface area contributed by atoms with Crippen molar-refractivity contribution < 1.29 is 9.53 Å². The monoisotopic (exact) mass is 336 g/mol. The van der Waals surface area contributed by atoms with Crippen LogP contribution in [0.3, 0.4) is 0 Å². The maximum atomic E-state index is 12.6. The number of benzene rings is 2. The molecule has 0 saturated heterocycles. The lowest BCUT2D eigenvalue weighted by molar-refractivity contribution is 0.0526. The second-order valence-corrected chi connectivity index (χ2v) is 6.15. The Hall–Kier alpha value is -2.72. The summed E-state index contributed by atoms with van der Waals surface area (Å²) in [4.78, 5) is 25.8. The van der Waals surface area contributed by atoms with Crippen LogP contribution in [0.4, 0.5) is 0 Å². The maximum Gasteiger partial charge on any atom is 0.343 e. The fraction of sp³-hybridized carbons (Fsp3) is 0.100. The van der Waals surface area contributed by atoms with Crippen molar-refractivity contribution in [2.45, 2.75) is 6.92 Å². The van der Waals surface area contributed by atoms with Crippen molar-refractivity contribution in [2.24, 2.45) is 0 Å². The molecular weight excluding hydrogens is 320 g/mol. The van der Waals surface area contributed by atoms with Gasteiger partial charge >= 0.3 is 5.97 Å². The van der Waals surface area contributed by atoms with Crippen LogP contribution in [0.5, 0.6) is 0 Å². The molecule has 0 aliphatic carbocycles. The molecule has 0 radical (unpaired) electrons. The summed E-state index contributed by atoms with van der Waals surface area (Å²) in [6, 6.07) is 21.0. The van der Waals surface area contributed by atoms with E-state index < -0.39 is 5.97 Å². The maximum absolute atomic E-state index is 12.6. The Balaban J connectivity index is 2.24. The van der Waals surface area contributed by atoms with Crippen LogP contribution in [-0.2, 0) is 4.74 Å². The standard InChI is InChI=1S/C20H16O3S/c1-2-23-19(21)18-16(14-9-5-3-6-10-14)13-17(24-20(18)22)15-11-7-4-8-12-15/h3-13H,2H2,1H3. The minimum absolute atomic E-state index is 0.104. The number of ether oxygens (including phenoxy) is 1. The molecule has 1 aromatic heterocycles. The fourth-order valence-electron chi connectivity index (χ4n) is 2.48. The van der Waals surface area contributed by atoms with E-state index in [1.54, 1.807) is 6.92 Å². The summed E-state index contributed by atoms with van der Waals surface area (Å²) in [6.45, 7) is 1.96. The molecule has 1 heterocycles. The molecule has 0 bridgehead atoms. The van der Waals surface area contributed by atoms with E-state index in [1.165, 1.54) is 0 Å². The first kappa shape index (κ1) is 16.1. The lowest BCUT2D eigenvalue weighted by Crippen LogP contribution is -2.16. The van der Waals surface area contributed by atoms with Gasteiger partial charge in [0.05, 0.1) is 6.61 Å². The fourth-order valence-corrected chi connectivity index (χ4v) is 3.41. The molecule has 24 heavy (non-hydrogen) atoms. The molecule has 0 atom stereocenters. The molecule has 120 valence electrons. The number of hydrogen-bond acceptors (Lipinski definition) is 4. The Bertz CT molecular complexity index is 899. The third-order valence-electron chi connectivity index (χ3n) is 3.57. The predicted molar refractivity (Wildman–Crippen MR) is 97.4 cm³/mol. The highest BCUT2D eigenvalue weighted by Gasteiger charge is 2.20. The van der Waals surface area contributed by atoms with E-state index in [1.807, 2.05) is 66.7 Å². The van der Waals surface area contributed by atoms with Crippen molar-refractivity contribution in [3.05, 3.63) is 81.8 Å². The highest BCUT2D eigenvalue weighted by atomic mass is 32.1. The highest BCUT2D eigenvalue weighted by Crippen LogP contribution is 2.30. The first-order valence-corrected chi connectivity index (χ1v) is 8.48. The third-order valence-corrected chi connectivity index (χ3v) is 4.54. The minimum atomic E-state index is -0.572. The molecule has 0 unspecified atom stereocenters. The van der Waals surface area contributed by atoms with Crippen LogP contribution in [0.25, 0.3) is 21.6 Å². The van der Waals surface area contributed by atoms with Gasteiger partial charge in [0, 0.05) is 10.4 Å². The van der Waals surface area contributed by atoms with Crippen LogP contribution in [0.15, 0.2) is 71.5 Å². The van der Waals surface area contributed by atoms with Gasteiger partial charge in [-0.1, -0.05) is 72.0 Å². The SMILES string of the molecule is CCOC(=O)c1c(-c2ccccc2)cc(-c2ccccc2)sc1=O. The van der Waals surface area contributed by atoms with Gasteiger partial charge in [-0.3, -0.25) is 4.79 Å². The van der Waals surface area contributed by atoms with Crippen molar-refractivity contribution in [1.29, 1.82) is 0 Å². The molecular formula is C20H16O3S. The zero-order valence-electron chi connectivity index (χ0n) is 13.2. The Morgan fingerprint density at radius 3 is 2.12 bits per heavy atom. The third kappa shape index (κ3) is 3.29. The predicted octanol–water partition coefficient (Wildman–Crippen LogP) is 4.62. The Kier molecular flexibility index (Phi) is 4.87. The van der Waals surface area contributed by atoms with Crippen LogP contribution >= 0.6 is 11.3 Å². The average Bonchev–Trinajstić information content (AvgIpc) is 2.62. The molecule has 0 spiro atoms. The van der Waals surface area contributed by atoms with Gasteiger partial charge in [-0.15, -0.1) is 0 Å². The van der Waals surface area contributed by atoms with Gasteiger partial charge in [0.2, 0.25) is 4.74 Å². The summed E-state index contributed by atoms with van der Waals surface area (Å²) in [7, 11) is 0. The van der Waals surface area contributed by atoms with E-state index in [0.717, 1.165) is 27.3 Å². The first-order valence-electron chi connectivity index (χ1n) is 7.67. The van der Waals surface area contributed by atoms with Gasteiger partial charge in [-0.05, 0) is 24.1 Å². The van der Waals surface area contributed by atoms with Crippen LogP contribution in [0.2, 0.25) is 0 Å². The molecule has 3 aromatic rings. The molecule has 4 heteroatoms. The van der Waals surface area contributed by atoms with Crippen molar-refractivity contribution in [1.82, 2.24) is 0 Å². The summed E-state index contributed by atoms with van der Waals surface area (Å²) in [5, 5.41) is 0. The van der Waals surface area contributed by atoms with Crippen molar-refractivity contribution in [3.8, 4) is 21.6 Å². The minimum Gasteiger partial charge on any atom is -0.462 e. The molecule has 0 amide bonds. The highest BCUT2D eigenvalue weighted by molar-refractivity contribution is 7.13. The molecule has 0 N–H and O–H groups in total. The number of carbonyl (C=O) groups is 1. The van der Waals surface area contributed by atoms with Crippen molar-refractivity contribution in [2.75, 3.05) is 6.61 Å². The van der Waals surface area contributed by atoms with E-state index in [-0.39, 0.29) is 16.9 Å². The number of rotatable bonds is 4. The van der Waals surface area contributed by atoms with Crippen molar-refractivity contribution >= 4 is 17.3 Å². The Morgan fingerprint density at radius 1 is 0.958 bits per heavy atom. The molecule has 0 aliphatic heterocycles. The van der Waals surface area contributed by atoms with Gasteiger partial charge < -0.3 is 4.74 Å². The van der Waals surface area contributed by atoms with Gasteiger partial charge in [0.15, 0.2) is 0 Å². The van der Waals surface area contributed by atoms with Gasteiger partial charge in [0.25, 0.3) is 0 Å². The first-order chi connectivity index (χ1) is 11.7. The summed E-state index contributed by atoms with van der Waals surface area (Å²) in [6.07, 6.45) is 0. The molecule has 0 saturated carbocycles. The summed E-state index contributed by atoms with van der Waals surface area (Å²) in [5.74, 6) is -0.572. The Labute approximate surface area is 144 Å². The van der Waals surface area contributed by atoms with Gasteiger partial charge in [-0.2, -0.15) is 0 Å². The number of esters is 1. The van der Waals surface area contributed by atoms with E-state index in [2.05, 4.69) is 0 Å². The summed E-state index contributed by atoms with van der Waals surface area (Å²) >= 11 is 1.06. The summed E-state index contributed by atoms with van der Waals surface area (Å²) in [5.41, 5.74) is 2.49. The lowest BCUT2D eigenvalue weighted by Gasteiger charge is -2.10. The molecule has 0 aliphatic rings. The molecule has 3 nitrogen and oxygen atoms in total. The second-order valence-electron chi connectivity index (χ2n) is 5.14. The topological polar surface area (TPSA) is 43.4 Å². The van der Waals surface area contributed by atoms with E-state index >= 15 is 0 Å². The van der Waals surface area contributed by atoms with Crippen LogP contribution in [-0.4, -0.2) is 12.6 Å². The normalized spacial score (nSPS) is 10.4. The quantitative estimate of drug-likeness (QED) is 0.653. The summed E-state index contributed by atoms with van der Waals surface area (Å²) < 4.78 is 4.80. The number of carbonyl (C=O) groups excluding carboxylic acids is 1. The van der Waals surface area contributed by atoms with E-state index in [9.17, 15) is 9.59 Å². The van der Waals surface area contributed by atoms with Gasteiger partial charge in [0.1, 0.15) is 5.56 Å². The molecule has 2 aromatic carbocycles. The lowest BCUT2D eigenvalue weighted by atomic mass is 10.0. The zero-order valence-corrected chi connectivity index (χ0v) is 14.0. The largest absolute Gasteiger partial charge is 0.462 e. The van der Waals surface area contributed by atoms with Crippen LogP contribution in [0, 0.1) is 0 Å². The van der Waals surface area contributed by atoms with Crippen LogP contribution in [0.1, 0.15) is 17.3 Å². The average molecular weight is 336 g/mol. The van der Waals surface area contributed by atoms with E-state index in [4.69, 9.17) is 4.74 Å². The molecule has 0 fully saturated rings. The molecule has 3 rings (SSSR count). The van der Waals surface area contributed by atoms with Crippen LogP contribution < -0.4 is 4.74 Å². The van der Waals surface area contributed by atoms with Gasteiger partial charge in [-0.25, -0.2) is 4.79 Å². The number of hydrogen-bond donors (Lipinski definition) is 0. The smallest absolute Gasteiger partial charge is 0.343 e. The van der Waals surface area contributed by atoms with Crippen molar-refractivity contribution in [3.63, 3.8) is 0 Å². The second kappa shape index (κ2) is 7.23.